The van der Waals surface area contributed by atoms with Crippen LogP contribution in [0.3, 0.4) is 0 Å². The number of hydrogen-bond acceptors (Lipinski definition) is 1. The largest absolute Gasteiger partial charge is 0.386 e. The standard InChI is InChI=1S/C11H14N2/c1-8-11(12-2)9-6-4-5-7-10(9)13(8)3/h4-7,12H,1-3H3. The molecule has 1 aromatic carbocycles. The topological polar surface area (TPSA) is 17.0 Å². The summed E-state index contributed by atoms with van der Waals surface area (Å²) in [5.74, 6) is 0. The number of nitrogens with one attached hydrogen (secondary N) is 1. The lowest BCUT2D eigenvalue weighted by atomic mass is 10.2. The molecule has 2 aromatic rings. The molecular weight excluding hydrogens is 160 g/mol. The van der Waals surface area contributed by atoms with Crippen molar-refractivity contribution in [1.29, 1.82) is 0 Å². The van der Waals surface area contributed by atoms with Gasteiger partial charge >= 0.3 is 0 Å². The lowest BCUT2D eigenvalue weighted by molar-refractivity contribution is 0.919. The second kappa shape index (κ2) is 2.80. The molecule has 2 nitrogen and oxygen atoms in total. The van der Waals surface area contributed by atoms with Gasteiger partial charge in [0, 0.05) is 25.2 Å². The van der Waals surface area contributed by atoms with Crippen LogP contribution < -0.4 is 5.32 Å². The molecule has 0 fully saturated rings. The van der Waals surface area contributed by atoms with Gasteiger partial charge in [0.15, 0.2) is 0 Å². The third kappa shape index (κ3) is 1.02. The molecule has 1 N–H and O–H groups in total. The Balaban J connectivity index is 2.90. The third-order valence-corrected chi connectivity index (χ3v) is 2.65. The second-order valence-corrected chi connectivity index (χ2v) is 3.29. The lowest BCUT2D eigenvalue weighted by Crippen LogP contribution is -1.93. The maximum atomic E-state index is 3.24. The van der Waals surface area contributed by atoms with E-state index in [-0.39, 0.29) is 0 Å². The van der Waals surface area contributed by atoms with E-state index < -0.39 is 0 Å². The highest BCUT2D eigenvalue weighted by Crippen LogP contribution is 2.28. The molecule has 1 aromatic heterocycles. The monoisotopic (exact) mass is 174 g/mol. The number of rotatable bonds is 1. The predicted molar refractivity (Wildman–Crippen MR) is 57.2 cm³/mol. The first-order valence-electron chi connectivity index (χ1n) is 4.47. The second-order valence-electron chi connectivity index (χ2n) is 3.29. The summed E-state index contributed by atoms with van der Waals surface area (Å²) in [5, 5.41) is 4.53. The van der Waals surface area contributed by atoms with Crippen LogP contribution in [0.25, 0.3) is 10.9 Å². The molecule has 0 saturated carbocycles. The number of para-hydroxylation sites is 1. The Morgan fingerprint density at radius 2 is 1.92 bits per heavy atom. The van der Waals surface area contributed by atoms with E-state index in [9.17, 15) is 0 Å². The van der Waals surface area contributed by atoms with Crippen molar-refractivity contribution in [2.75, 3.05) is 12.4 Å². The van der Waals surface area contributed by atoms with Crippen molar-refractivity contribution in [3.63, 3.8) is 0 Å². The van der Waals surface area contributed by atoms with Gasteiger partial charge in [-0.1, -0.05) is 18.2 Å². The lowest BCUT2D eigenvalue weighted by Gasteiger charge is -1.99. The number of hydrogen-bond donors (Lipinski definition) is 1. The minimum Gasteiger partial charge on any atom is -0.386 e. The van der Waals surface area contributed by atoms with Crippen LogP contribution in [0.5, 0.6) is 0 Å². The van der Waals surface area contributed by atoms with Crippen LogP contribution in [0.1, 0.15) is 5.69 Å². The molecule has 0 saturated heterocycles. The highest BCUT2D eigenvalue weighted by Gasteiger charge is 2.08. The number of nitrogens with zero attached hydrogens (tertiary/aromatic N) is 1. The minimum absolute atomic E-state index is 1.23. The summed E-state index contributed by atoms with van der Waals surface area (Å²) in [4.78, 5) is 0. The summed E-state index contributed by atoms with van der Waals surface area (Å²) >= 11 is 0. The van der Waals surface area contributed by atoms with Gasteiger partial charge in [0.25, 0.3) is 0 Å². The fourth-order valence-corrected chi connectivity index (χ4v) is 1.84. The van der Waals surface area contributed by atoms with Crippen molar-refractivity contribution in [2.24, 2.45) is 7.05 Å². The van der Waals surface area contributed by atoms with Crippen molar-refractivity contribution >= 4 is 16.6 Å². The normalized spacial score (nSPS) is 10.7. The van der Waals surface area contributed by atoms with Gasteiger partial charge in [-0.25, -0.2) is 0 Å². The number of anilines is 1. The Hall–Kier alpha value is -1.44. The van der Waals surface area contributed by atoms with Gasteiger partial charge in [-0.05, 0) is 13.0 Å². The molecule has 13 heavy (non-hydrogen) atoms. The zero-order valence-electron chi connectivity index (χ0n) is 8.26. The van der Waals surface area contributed by atoms with Crippen LogP contribution in [0.15, 0.2) is 24.3 Å². The van der Waals surface area contributed by atoms with E-state index >= 15 is 0 Å². The van der Waals surface area contributed by atoms with Gasteiger partial charge in [0.2, 0.25) is 0 Å². The van der Waals surface area contributed by atoms with Gasteiger partial charge in [0.1, 0.15) is 0 Å². The van der Waals surface area contributed by atoms with Crippen LogP contribution in [0, 0.1) is 6.92 Å². The highest BCUT2D eigenvalue weighted by molar-refractivity contribution is 5.94. The van der Waals surface area contributed by atoms with Gasteiger partial charge in [-0.2, -0.15) is 0 Å². The molecule has 1 heterocycles. The number of benzene rings is 1. The van der Waals surface area contributed by atoms with Crippen molar-refractivity contribution in [1.82, 2.24) is 4.57 Å². The third-order valence-electron chi connectivity index (χ3n) is 2.65. The first kappa shape index (κ1) is 8.17. The molecule has 0 amide bonds. The van der Waals surface area contributed by atoms with Crippen LogP contribution >= 0.6 is 0 Å². The van der Waals surface area contributed by atoms with Gasteiger partial charge in [0.05, 0.1) is 11.2 Å². The summed E-state index contributed by atoms with van der Waals surface area (Å²) < 4.78 is 2.21. The van der Waals surface area contributed by atoms with Crippen LogP contribution in [-0.2, 0) is 7.05 Å². The smallest absolute Gasteiger partial charge is 0.0627 e. The van der Waals surface area contributed by atoms with E-state index in [4.69, 9.17) is 0 Å². The average molecular weight is 174 g/mol. The predicted octanol–water partition coefficient (Wildman–Crippen LogP) is 2.53. The Bertz CT molecular complexity index is 441. The number of aromatic nitrogens is 1. The first-order chi connectivity index (χ1) is 6.25. The summed E-state index contributed by atoms with van der Waals surface area (Å²) in [6.45, 7) is 2.13. The van der Waals surface area contributed by atoms with Crippen molar-refractivity contribution in [3.05, 3.63) is 30.0 Å². The maximum absolute atomic E-state index is 3.24. The van der Waals surface area contributed by atoms with E-state index in [1.165, 1.54) is 22.3 Å². The fraction of sp³-hybridized carbons (Fsp3) is 0.273. The van der Waals surface area contributed by atoms with Crippen molar-refractivity contribution in [2.45, 2.75) is 6.92 Å². The van der Waals surface area contributed by atoms with Gasteiger partial charge in [-0.3, -0.25) is 0 Å². The molecule has 0 spiro atoms. The molecule has 0 aliphatic carbocycles. The molecular formula is C11H14N2. The van der Waals surface area contributed by atoms with E-state index in [0.29, 0.717) is 0 Å². The Morgan fingerprint density at radius 1 is 1.23 bits per heavy atom. The summed E-state index contributed by atoms with van der Waals surface area (Å²) in [7, 11) is 4.06. The van der Waals surface area contributed by atoms with E-state index in [0.717, 1.165) is 0 Å². The quantitative estimate of drug-likeness (QED) is 0.703. The molecule has 68 valence electrons. The molecule has 2 heteroatoms. The Labute approximate surface area is 78.2 Å². The SMILES string of the molecule is CNc1c(C)n(C)c2ccccc12. The molecule has 0 aliphatic heterocycles. The van der Waals surface area contributed by atoms with Crippen molar-refractivity contribution < 1.29 is 0 Å². The van der Waals surface area contributed by atoms with E-state index in [1.807, 2.05) is 7.05 Å². The number of fused-ring (bicyclic) bond motifs is 1. The summed E-state index contributed by atoms with van der Waals surface area (Å²) in [6.07, 6.45) is 0. The summed E-state index contributed by atoms with van der Waals surface area (Å²) in [6, 6.07) is 8.43. The van der Waals surface area contributed by atoms with Gasteiger partial charge < -0.3 is 9.88 Å². The highest BCUT2D eigenvalue weighted by atomic mass is 15.0. The zero-order valence-corrected chi connectivity index (χ0v) is 8.26. The molecule has 0 atom stereocenters. The van der Waals surface area contributed by atoms with E-state index in [1.54, 1.807) is 0 Å². The Kier molecular flexibility index (Phi) is 1.76. The van der Waals surface area contributed by atoms with E-state index in [2.05, 4.69) is 48.1 Å². The van der Waals surface area contributed by atoms with Crippen LogP contribution in [0.2, 0.25) is 0 Å². The van der Waals surface area contributed by atoms with Crippen LogP contribution in [-0.4, -0.2) is 11.6 Å². The Morgan fingerprint density at radius 3 is 2.62 bits per heavy atom. The fourth-order valence-electron chi connectivity index (χ4n) is 1.84. The molecule has 2 rings (SSSR count). The molecule has 0 unspecified atom stereocenters. The van der Waals surface area contributed by atoms with Crippen molar-refractivity contribution in [3.8, 4) is 0 Å². The average Bonchev–Trinajstić information content (AvgIpc) is 2.41. The molecule has 0 radical (unpaired) electrons. The van der Waals surface area contributed by atoms with Crippen LogP contribution in [0.4, 0.5) is 5.69 Å². The summed E-state index contributed by atoms with van der Waals surface area (Å²) in [5.41, 5.74) is 3.80. The first-order valence-corrected chi connectivity index (χ1v) is 4.47. The number of aryl methyl sites for hydroxylation is 1. The molecule has 0 bridgehead atoms. The minimum atomic E-state index is 1.23. The molecule has 0 aliphatic rings. The van der Waals surface area contributed by atoms with Gasteiger partial charge in [-0.15, -0.1) is 0 Å². The zero-order chi connectivity index (χ0) is 9.42. The maximum Gasteiger partial charge on any atom is 0.0627 e.